The van der Waals surface area contributed by atoms with Crippen LogP contribution >= 0.6 is 27.5 Å². The van der Waals surface area contributed by atoms with Gasteiger partial charge in [-0.15, -0.1) is 0 Å². The quantitative estimate of drug-likeness (QED) is 0.669. The molecule has 0 aromatic heterocycles. The van der Waals surface area contributed by atoms with E-state index in [-0.39, 0.29) is 28.8 Å². The number of benzene rings is 1. The minimum atomic E-state index is -3.77. The molecule has 6 nitrogen and oxygen atoms in total. The minimum absolute atomic E-state index is 0.0243. The third-order valence-electron chi connectivity index (χ3n) is 2.30. The minimum Gasteiger partial charge on any atom is -0.214 e. The van der Waals surface area contributed by atoms with Crippen LogP contribution in [0.2, 0.25) is 5.02 Å². The van der Waals surface area contributed by atoms with E-state index in [2.05, 4.69) is 25.4 Å². The molecule has 0 aliphatic heterocycles. The fourth-order valence-corrected chi connectivity index (χ4v) is 3.95. The summed E-state index contributed by atoms with van der Waals surface area (Å²) in [5.41, 5.74) is 0. The lowest BCUT2D eigenvalue weighted by molar-refractivity contribution is 0.571. The van der Waals surface area contributed by atoms with Crippen molar-refractivity contribution in [2.24, 2.45) is 0 Å². The molecule has 1 rings (SSSR count). The highest BCUT2D eigenvalue weighted by Gasteiger charge is 2.17. The van der Waals surface area contributed by atoms with Crippen LogP contribution in [0.5, 0.6) is 0 Å². The largest absolute Gasteiger partial charge is 0.242 e. The molecule has 0 aliphatic carbocycles. The topological polar surface area (TPSA) is 92.3 Å². The molecule has 0 heterocycles. The standard InChI is InChI=1S/C10H14BrClN2O4S2/c1-2-19(15,16)13-5-6-14-20(17,18)10-4-3-8(11)7-9(10)12/h3-4,7,13-14H,2,5-6H2,1H3. The van der Waals surface area contributed by atoms with Gasteiger partial charge in [-0.05, 0) is 25.1 Å². The SMILES string of the molecule is CCS(=O)(=O)NCCNS(=O)(=O)c1ccc(Br)cc1Cl. The van der Waals surface area contributed by atoms with Crippen molar-refractivity contribution < 1.29 is 16.8 Å². The molecule has 20 heavy (non-hydrogen) atoms. The Morgan fingerprint density at radius 2 is 1.75 bits per heavy atom. The van der Waals surface area contributed by atoms with Crippen LogP contribution in [-0.2, 0) is 20.0 Å². The second-order valence-corrected chi connectivity index (χ2v) is 8.92. The van der Waals surface area contributed by atoms with Crippen LogP contribution in [0.4, 0.5) is 0 Å². The maximum atomic E-state index is 12.0. The Hall–Kier alpha value is -0.190. The van der Waals surface area contributed by atoms with Crippen molar-refractivity contribution in [3.63, 3.8) is 0 Å². The average Bonchev–Trinajstić information content (AvgIpc) is 2.34. The van der Waals surface area contributed by atoms with E-state index in [1.54, 1.807) is 6.07 Å². The highest BCUT2D eigenvalue weighted by molar-refractivity contribution is 9.10. The van der Waals surface area contributed by atoms with Gasteiger partial charge in [0.05, 0.1) is 10.8 Å². The summed E-state index contributed by atoms with van der Waals surface area (Å²) in [5, 5.41) is 0.0843. The molecule has 114 valence electrons. The number of rotatable bonds is 7. The Kier molecular flexibility index (Phi) is 6.42. The van der Waals surface area contributed by atoms with Crippen molar-refractivity contribution in [3.05, 3.63) is 27.7 Å². The maximum Gasteiger partial charge on any atom is 0.242 e. The van der Waals surface area contributed by atoms with Gasteiger partial charge in [0.15, 0.2) is 0 Å². The molecule has 0 spiro atoms. The van der Waals surface area contributed by atoms with Gasteiger partial charge < -0.3 is 0 Å². The molecule has 0 amide bonds. The van der Waals surface area contributed by atoms with Crippen LogP contribution in [0.15, 0.2) is 27.6 Å². The monoisotopic (exact) mass is 404 g/mol. The Bertz CT molecular complexity index is 676. The average molecular weight is 406 g/mol. The van der Waals surface area contributed by atoms with E-state index >= 15 is 0 Å². The van der Waals surface area contributed by atoms with Gasteiger partial charge in [-0.25, -0.2) is 26.3 Å². The Balaban J connectivity index is 2.67. The zero-order valence-electron chi connectivity index (χ0n) is 10.6. The molecule has 0 radical (unpaired) electrons. The van der Waals surface area contributed by atoms with Crippen molar-refractivity contribution in [3.8, 4) is 0 Å². The molecule has 0 saturated heterocycles. The summed E-state index contributed by atoms with van der Waals surface area (Å²) in [4.78, 5) is -0.0549. The van der Waals surface area contributed by atoms with Crippen LogP contribution in [-0.4, -0.2) is 35.7 Å². The van der Waals surface area contributed by atoms with Crippen molar-refractivity contribution in [2.75, 3.05) is 18.8 Å². The zero-order chi connectivity index (χ0) is 15.4. The van der Waals surface area contributed by atoms with Crippen molar-refractivity contribution in [2.45, 2.75) is 11.8 Å². The van der Waals surface area contributed by atoms with Crippen molar-refractivity contribution >= 4 is 47.6 Å². The summed E-state index contributed by atoms with van der Waals surface area (Å²) in [6, 6.07) is 4.39. The van der Waals surface area contributed by atoms with Gasteiger partial charge in [0.1, 0.15) is 4.90 Å². The van der Waals surface area contributed by atoms with Crippen LogP contribution in [0.1, 0.15) is 6.92 Å². The summed E-state index contributed by atoms with van der Waals surface area (Å²) < 4.78 is 51.5. The summed E-state index contributed by atoms with van der Waals surface area (Å²) in [6.45, 7) is 1.41. The van der Waals surface area contributed by atoms with Gasteiger partial charge in [0.25, 0.3) is 0 Å². The predicted molar refractivity (Wildman–Crippen MR) is 81.8 cm³/mol. The first-order chi connectivity index (χ1) is 9.18. The first-order valence-electron chi connectivity index (χ1n) is 5.60. The first kappa shape index (κ1) is 17.9. The lowest BCUT2D eigenvalue weighted by Crippen LogP contribution is -2.35. The van der Waals surface area contributed by atoms with E-state index in [0.29, 0.717) is 4.47 Å². The molecule has 0 aliphatic rings. The zero-order valence-corrected chi connectivity index (χ0v) is 14.5. The highest BCUT2D eigenvalue weighted by atomic mass is 79.9. The highest BCUT2D eigenvalue weighted by Crippen LogP contribution is 2.24. The number of sulfonamides is 2. The number of halogens is 2. The third kappa shape index (κ3) is 5.30. The van der Waals surface area contributed by atoms with E-state index in [1.807, 2.05) is 0 Å². The summed E-state index contributed by atoms with van der Waals surface area (Å²) >= 11 is 9.04. The predicted octanol–water partition coefficient (Wildman–Crippen LogP) is 1.32. The Morgan fingerprint density at radius 3 is 2.30 bits per heavy atom. The van der Waals surface area contributed by atoms with Crippen molar-refractivity contribution in [1.82, 2.24) is 9.44 Å². The van der Waals surface area contributed by atoms with E-state index in [1.165, 1.54) is 19.1 Å². The fourth-order valence-electron chi connectivity index (χ4n) is 1.26. The van der Waals surface area contributed by atoms with Crippen LogP contribution in [0.25, 0.3) is 0 Å². The van der Waals surface area contributed by atoms with Gasteiger partial charge in [0, 0.05) is 17.6 Å². The van der Waals surface area contributed by atoms with E-state index in [0.717, 1.165) is 0 Å². The lowest BCUT2D eigenvalue weighted by atomic mass is 10.4. The number of hydrogen-bond donors (Lipinski definition) is 2. The maximum absolute atomic E-state index is 12.0. The van der Waals surface area contributed by atoms with Gasteiger partial charge in [0.2, 0.25) is 20.0 Å². The molecule has 0 fully saturated rings. The summed E-state index contributed by atoms with van der Waals surface area (Å²) in [5.74, 6) is -0.0573. The van der Waals surface area contributed by atoms with Gasteiger partial charge >= 0.3 is 0 Å². The second kappa shape index (κ2) is 7.19. The molecule has 2 N–H and O–H groups in total. The number of nitrogens with one attached hydrogen (secondary N) is 2. The smallest absolute Gasteiger partial charge is 0.214 e. The van der Waals surface area contributed by atoms with Crippen molar-refractivity contribution in [1.29, 1.82) is 0 Å². The molecule has 1 aromatic carbocycles. The molecule has 0 unspecified atom stereocenters. The Morgan fingerprint density at radius 1 is 1.15 bits per heavy atom. The Labute approximate surface area is 132 Å². The molecular formula is C10H14BrClN2O4S2. The van der Waals surface area contributed by atoms with Crippen LogP contribution < -0.4 is 9.44 Å². The normalized spacial score (nSPS) is 12.6. The fraction of sp³-hybridized carbons (Fsp3) is 0.400. The van der Waals surface area contributed by atoms with Crippen LogP contribution in [0, 0.1) is 0 Å². The third-order valence-corrected chi connectivity index (χ3v) is 6.14. The molecule has 1 aromatic rings. The molecular weight excluding hydrogens is 392 g/mol. The molecule has 0 atom stereocenters. The van der Waals surface area contributed by atoms with Gasteiger partial charge in [-0.3, -0.25) is 0 Å². The van der Waals surface area contributed by atoms with Gasteiger partial charge in [-0.2, -0.15) is 0 Å². The van der Waals surface area contributed by atoms with Gasteiger partial charge in [-0.1, -0.05) is 27.5 Å². The number of hydrogen-bond acceptors (Lipinski definition) is 4. The summed E-state index contributed by atoms with van der Waals surface area (Å²) in [7, 11) is -7.10. The lowest BCUT2D eigenvalue weighted by Gasteiger charge is -2.09. The first-order valence-corrected chi connectivity index (χ1v) is 9.90. The molecule has 10 heteroatoms. The van der Waals surface area contributed by atoms with Crippen LogP contribution in [0.3, 0.4) is 0 Å². The second-order valence-electron chi connectivity index (χ2n) is 3.77. The van der Waals surface area contributed by atoms with E-state index < -0.39 is 20.0 Å². The van der Waals surface area contributed by atoms with E-state index in [9.17, 15) is 16.8 Å². The summed E-state index contributed by atoms with van der Waals surface area (Å²) in [6.07, 6.45) is 0. The molecule has 0 bridgehead atoms. The van der Waals surface area contributed by atoms with E-state index in [4.69, 9.17) is 11.6 Å². The molecule has 0 saturated carbocycles.